The molecule has 0 amide bonds. The van der Waals surface area contributed by atoms with E-state index in [1.165, 1.54) is 0 Å². The quantitative estimate of drug-likeness (QED) is 0.811. The van der Waals surface area contributed by atoms with E-state index in [9.17, 15) is 9.90 Å². The molecular weight excluding hydrogens is 260 g/mol. The van der Waals surface area contributed by atoms with Gasteiger partial charge in [-0.2, -0.15) is 0 Å². The summed E-state index contributed by atoms with van der Waals surface area (Å²) in [7, 11) is 0. The van der Waals surface area contributed by atoms with Gasteiger partial charge in [0.1, 0.15) is 0 Å². The number of rotatable bonds is 2. The van der Waals surface area contributed by atoms with Crippen molar-refractivity contribution in [3.8, 4) is 0 Å². The van der Waals surface area contributed by atoms with E-state index in [-0.39, 0.29) is 12.5 Å². The van der Waals surface area contributed by atoms with Crippen LogP contribution in [0.2, 0.25) is 0 Å². The molecule has 80 valence electrons. The van der Waals surface area contributed by atoms with E-state index in [1.54, 1.807) is 0 Å². The van der Waals surface area contributed by atoms with Crippen LogP contribution >= 0.6 is 15.9 Å². The van der Waals surface area contributed by atoms with E-state index in [4.69, 9.17) is 4.74 Å². The molecular formula is C11H10BrO3-. The number of carbonyl (C=O) groups excluding carboxylic acids is 1. The van der Waals surface area contributed by atoms with E-state index >= 15 is 0 Å². The molecule has 0 bridgehead atoms. The highest BCUT2D eigenvalue weighted by Gasteiger charge is 2.20. The van der Waals surface area contributed by atoms with Gasteiger partial charge in [-0.3, -0.25) is 0 Å². The SMILES string of the molecule is O=C([O-])CC1OCCc2cc(Br)ccc21. The number of hydrogen-bond acceptors (Lipinski definition) is 3. The summed E-state index contributed by atoms with van der Waals surface area (Å²) in [6.45, 7) is 0.571. The number of carboxylic acid groups (broad SMARTS) is 1. The number of benzene rings is 1. The lowest BCUT2D eigenvalue weighted by atomic mass is 9.96. The van der Waals surface area contributed by atoms with E-state index < -0.39 is 5.97 Å². The Morgan fingerprint density at radius 2 is 2.40 bits per heavy atom. The van der Waals surface area contributed by atoms with Gasteiger partial charge >= 0.3 is 0 Å². The lowest BCUT2D eigenvalue weighted by Gasteiger charge is -2.26. The second kappa shape index (κ2) is 4.33. The highest BCUT2D eigenvalue weighted by molar-refractivity contribution is 9.10. The molecule has 1 aliphatic heterocycles. The fourth-order valence-corrected chi connectivity index (χ4v) is 2.23. The lowest BCUT2D eigenvalue weighted by Crippen LogP contribution is -2.27. The Morgan fingerprint density at radius 1 is 1.60 bits per heavy atom. The summed E-state index contributed by atoms with van der Waals surface area (Å²) < 4.78 is 6.43. The number of carboxylic acids is 1. The smallest absolute Gasteiger partial charge is 0.0879 e. The van der Waals surface area contributed by atoms with Gasteiger partial charge in [0.05, 0.1) is 12.7 Å². The van der Waals surface area contributed by atoms with Crippen molar-refractivity contribution >= 4 is 21.9 Å². The van der Waals surface area contributed by atoms with Gasteiger partial charge in [0.2, 0.25) is 0 Å². The normalized spacial score (nSPS) is 19.7. The maximum absolute atomic E-state index is 10.5. The van der Waals surface area contributed by atoms with Crippen molar-refractivity contribution in [3.63, 3.8) is 0 Å². The van der Waals surface area contributed by atoms with Crippen molar-refractivity contribution in [2.24, 2.45) is 0 Å². The average Bonchev–Trinajstić information content (AvgIpc) is 2.16. The number of aliphatic carboxylic acids is 1. The fraction of sp³-hybridized carbons (Fsp3) is 0.364. The molecule has 1 atom stereocenters. The van der Waals surface area contributed by atoms with Gasteiger partial charge in [0.25, 0.3) is 0 Å². The van der Waals surface area contributed by atoms with Crippen molar-refractivity contribution in [2.75, 3.05) is 6.61 Å². The van der Waals surface area contributed by atoms with Gasteiger partial charge in [0.15, 0.2) is 0 Å². The monoisotopic (exact) mass is 269 g/mol. The maximum atomic E-state index is 10.5. The van der Waals surface area contributed by atoms with Crippen molar-refractivity contribution in [3.05, 3.63) is 33.8 Å². The fourth-order valence-electron chi connectivity index (χ4n) is 1.83. The standard InChI is InChI=1S/C11H11BrO3/c12-8-1-2-9-7(5-8)3-4-15-10(9)6-11(13)14/h1-2,5,10H,3-4,6H2,(H,13,14)/p-1. The number of halogens is 1. The third kappa shape index (κ3) is 2.38. The molecule has 0 saturated heterocycles. The zero-order chi connectivity index (χ0) is 10.8. The molecule has 1 aromatic rings. The van der Waals surface area contributed by atoms with Gasteiger partial charge in [-0.05, 0) is 29.7 Å². The van der Waals surface area contributed by atoms with Crippen LogP contribution in [0.15, 0.2) is 22.7 Å². The molecule has 1 heterocycles. The Morgan fingerprint density at radius 3 is 3.13 bits per heavy atom. The topological polar surface area (TPSA) is 49.4 Å². The first-order chi connectivity index (χ1) is 7.16. The minimum absolute atomic E-state index is 0.0748. The highest BCUT2D eigenvalue weighted by Crippen LogP contribution is 2.31. The van der Waals surface area contributed by atoms with Crippen LogP contribution in [-0.4, -0.2) is 12.6 Å². The molecule has 0 fully saturated rings. The minimum Gasteiger partial charge on any atom is -0.550 e. The highest BCUT2D eigenvalue weighted by atomic mass is 79.9. The second-order valence-electron chi connectivity index (χ2n) is 3.53. The molecule has 15 heavy (non-hydrogen) atoms. The van der Waals surface area contributed by atoms with Crippen LogP contribution in [0.5, 0.6) is 0 Å². The van der Waals surface area contributed by atoms with E-state index in [1.807, 2.05) is 18.2 Å². The third-order valence-corrected chi connectivity index (χ3v) is 2.99. The number of hydrogen-bond donors (Lipinski definition) is 0. The summed E-state index contributed by atoms with van der Waals surface area (Å²) in [5.74, 6) is -1.07. The molecule has 1 aliphatic rings. The van der Waals surface area contributed by atoms with Crippen LogP contribution < -0.4 is 5.11 Å². The summed E-state index contributed by atoms with van der Waals surface area (Å²) in [5.41, 5.74) is 2.12. The molecule has 0 spiro atoms. The summed E-state index contributed by atoms with van der Waals surface area (Å²) >= 11 is 3.39. The van der Waals surface area contributed by atoms with Crippen molar-refractivity contribution in [1.29, 1.82) is 0 Å². The summed E-state index contributed by atoms with van der Waals surface area (Å²) in [5, 5.41) is 10.5. The van der Waals surface area contributed by atoms with Gasteiger partial charge < -0.3 is 14.6 Å². The maximum Gasteiger partial charge on any atom is 0.0879 e. The van der Waals surface area contributed by atoms with Crippen LogP contribution in [0.25, 0.3) is 0 Å². The average molecular weight is 270 g/mol. The van der Waals surface area contributed by atoms with E-state index in [0.29, 0.717) is 6.61 Å². The third-order valence-electron chi connectivity index (χ3n) is 2.49. The summed E-state index contributed by atoms with van der Waals surface area (Å²) in [6, 6.07) is 5.82. The van der Waals surface area contributed by atoms with Crippen LogP contribution in [0.1, 0.15) is 23.7 Å². The molecule has 0 radical (unpaired) electrons. The van der Waals surface area contributed by atoms with Crippen molar-refractivity contribution in [1.82, 2.24) is 0 Å². The molecule has 0 aliphatic carbocycles. The van der Waals surface area contributed by atoms with Crippen LogP contribution in [-0.2, 0) is 16.0 Å². The molecule has 0 saturated carbocycles. The van der Waals surface area contributed by atoms with Crippen LogP contribution in [0.4, 0.5) is 0 Å². The molecule has 1 unspecified atom stereocenters. The first-order valence-corrected chi connectivity index (χ1v) is 5.56. The predicted octanol–water partition coefficient (Wildman–Crippen LogP) is 1.20. The molecule has 4 heteroatoms. The summed E-state index contributed by atoms with van der Waals surface area (Å²) in [6.07, 6.45) is 0.402. The molecule has 0 aromatic heterocycles. The lowest BCUT2D eigenvalue weighted by molar-refractivity contribution is -0.308. The van der Waals surface area contributed by atoms with Crippen molar-refractivity contribution in [2.45, 2.75) is 18.9 Å². The Bertz CT molecular complexity index is 389. The number of carbonyl (C=O) groups is 1. The second-order valence-corrected chi connectivity index (χ2v) is 4.44. The number of ether oxygens (including phenoxy) is 1. The van der Waals surface area contributed by atoms with Gasteiger partial charge in [-0.15, -0.1) is 0 Å². The van der Waals surface area contributed by atoms with Crippen LogP contribution in [0.3, 0.4) is 0 Å². The Balaban J connectivity index is 2.30. The Hall–Kier alpha value is -0.870. The first kappa shape index (κ1) is 10.6. The zero-order valence-corrected chi connectivity index (χ0v) is 9.62. The number of fused-ring (bicyclic) bond motifs is 1. The van der Waals surface area contributed by atoms with E-state index in [2.05, 4.69) is 15.9 Å². The Labute approximate surface area is 96.2 Å². The molecule has 2 rings (SSSR count). The van der Waals surface area contributed by atoms with Gasteiger partial charge in [0, 0.05) is 16.9 Å². The van der Waals surface area contributed by atoms with Crippen molar-refractivity contribution < 1.29 is 14.6 Å². The first-order valence-electron chi connectivity index (χ1n) is 4.76. The van der Waals surface area contributed by atoms with E-state index in [0.717, 1.165) is 22.0 Å². The molecule has 1 aromatic carbocycles. The zero-order valence-electron chi connectivity index (χ0n) is 8.03. The molecule has 0 N–H and O–H groups in total. The largest absolute Gasteiger partial charge is 0.550 e. The summed E-state index contributed by atoms with van der Waals surface area (Å²) in [4.78, 5) is 10.5. The predicted molar refractivity (Wildman–Crippen MR) is 56.2 cm³/mol. The molecule has 3 nitrogen and oxygen atoms in total. The van der Waals surface area contributed by atoms with Crippen LogP contribution in [0, 0.1) is 0 Å². The Kier molecular flexibility index (Phi) is 3.07. The van der Waals surface area contributed by atoms with Gasteiger partial charge in [-0.1, -0.05) is 22.0 Å². The van der Waals surface area contributed by atoms with Gasteiger partial charge in [-0.25, -0.2) is 0 Å². The minimum atomic E-state index is -1.07.